The van der Waals surface area contributed by atoms with Crippen molar-refractivity contribution < 1.29 is 14.6 Å². The quantitative estimate of drug-likeness (QED) is 0.897. The van der Waals surface area contributed by atoms with E-state index in [4.69, 9.17) is 9.84 Å². The molecule has 1 aromatic rings. The van der Waals surface area contributed by atoms with Crippen LogP contribution in [0, 0.1) is 5.92 Å². The number of carboxylic acid groups (broad SMARTS) is 1. The molecule has 104 valence electrons. The molecule has 0 saturated heterocycles. The number of benzene rings is 1. The van der Waals surface area contributed by atoms with Crippen LogP contribution in [0.5, 0.6) is 5.75 Å². The monoisotopic (exact) mass is 262 g/mol. The first-order chi connectivity index (χ1) is 9.06. The molecule has 0 heterocycles. The lowest BCUT2D eigenvalue weighted by atomic mass is 9.78. The molecule has 0 radical (unpaired) electrons. The van der Waals surface area contributed by atoms with Gasteiger partial charge in [0.25, 0.3) is 0 Å². The summed E-state index contributed by atoms with van der Waals surface area (Å²) in [6, 6.07) is 8.12. The van der Waals surface area contributed by atoms with Gasteiger partial charge in [0.05, 0.1) is 12.0 Å². The second-order valence-corrected chi connectivity index (χ2v) is 5.63. The molecule has 1 aromatic carbocycles. The van der Waals surface area contributed by atoms with E-state index in [1.54, 1.807) is 0 Å². The predicted octanol–water partition coefficient (Wildman–Crippen LogP) is 3.83. The molecule has 1 fully saturated rings. The Bertz CT molecular complexity index is 422. The highest BCUT2D eigenvalue weighted by atomic mass is 16.5. The molecule has 0 spiro atoms. The Labute approximate surface area is 114 Å². The molecule has 2 rings (SSSR count). The van der Waals surface area contributed by atoms with Gasteiger partial charge in [-0.25, -0.2) is 0 Å². The lowest BCUT2D eigenvalue weighted by Gasteiger charge is -2.27. The van der Waals surface area contributed by atoms with E-state index in [9.17, 15) is 4.79 Å². The van der Waals surface area contributed by atoms with Crippen LogP contribution in [0.25, 0.3) is 0 Å². The molecular formula is C16H22O3. The molecule has 2 unspecified atom stereocenters. The second kappa shape index (κ2) is 6.09. The minimum absolute atomic E-state index is 0.176. The minimum Gasteiger partial charge on any atom is -0.491 e. The van der Waals surface area contributed by atoms with E-state index in [-0.39, 0.29) is 12.0 Å². The molecule has 1 saturated carbocycles. The molecule has 3 heteroatoms. The number of hydrogen-bond acceptors (Lipinski definition) is 2. The van der Waals surface area contributed by atoms with E-state index in [0.29, 0.717) is 5.92 Å². The highest BCUT2D eigenvalue weighted by Crippen LogP contribution is 2.36. The number of aliphatic carboxylic acids is 1. The van der Waals surface area contributed by atoms with Gasteiger partial charge in [-0.1, -0.05) is 18.6 Å². The summed E-state index contributed by atoms with van der Waals surface area (Å²) < 4.78 is 5.62. The van der Waals surface area contributed by atoms with Gasteiger partial charge in [0.2, 0.25) is 0 Å². The van der Waals surface area contributed by atoms with Crippen molar-refractivity contribution in [3.63, 3.8) is 0 Å². The zero-order chi connectivity index (χ0) is 13.8. The van der Waals surface area contributed by atoms with Crippen LogP contribution in [0.3, 0.4) is 0 Å². The molecule has 0 aromatic heterocycles. The number of carbonyl (C=O) groups is 1. The molecule has 0 aliphatic heterocycles. The van der Waals surface area contributed by atoms with Crippen molar-refractivity contribution in [2.24, 2.45) is 5.92 Å². The lowest BCUT2D eigenvalue weighted by Crippen LogP contribution is -2.21. The van der Waals surface area contributed by atoms with Gasteiger partial charge in [0.1, 0.15) is 5.75 Å². The Morgan fingerprint density at radius 2 is 1.95 bits per heavy atom. The van der Waals surface area contributed by atoms with E-state index in [2.05, 4.69) is 12.1 Å². The normalized spacial score (nSPS) is 23.3. The maximum absolute atomic E-state index is 11.1. The highest BCUT2D eigenvalue weighted by molar-refractivity contribution is 5.70. The Morgan fingerprint density at radius 3 is 2.53 bits per heavy atom. The van der Waals surface area contributed by atoms with Crippen LogP contribution in [-0.2, 0) is 4.79 Å². The molecule has 1 aliphatic rings. The maximum Gasteiger partial charge on any atom is 0.306 e. The van der Waals surface area contributed by atoms with Gasteiger partial charge in [-0.05, 0) is 56.7 Å². The van der Waals surface area contributed by atoms with Gasteiger partial charge in [0, 0.05) is 0 Å². The maximum atomic E-state index is 11.1. The second-order valence-electron chi connectivity index (χ2n) is 5.63. The van der Waals surface area contributed by atoms with E-state index < -0.39 is 5.97 Å². The first kappa shape index (κ1) is 13.9. The van der Waals surface area contributed by atoms with Crippen molar-refractivity contribution in [2.75, 3.05) is 0 Å². The van der Waals surface area contributed by atoms with Gasteiger partial charge in [0.15, 0.2) is 0 Å². The van der Waals surface area contributed by atoms with Crippen LogP contribution < -0.4 is 4.74 Å². The molecule has 2 atom stereocenters. The Kier molecular flexibility index (Phi) is 4.46. The van der Waals surface area contributed by atoms with Crippen LogP contribution in [0.15, 0.2) is 24.3 Å². The molecule has 1 N–H and O–H groups in total. The third-order valence-corrected chi connectivity index (χ3v) is 3.75. The zero-order valence-electron chi connectivity index (χ0n) is 11.6. The standard InChI is InChI=1S/C16H22O3/c1-11(2)19-15-8-6-12(7-9-15)13-4-3-5-14(10-13)16(17)18/h6-9,11,13-14H,3-5,10H2,1-2H3,(H,17,18). The van der Waals surface area contributed by atoms with E-state index in [0.717, 1.165) is 31.4 Å². The fourth-order valence-corrected chi connectivity index (χ4v) is 2.81. The van der Waals surface area contributed by atoms with Crippen molar-refractivity contribution in [3.05, 3.63) is 29.8 Å². The van der Waals surface area contributed by atoms with Crippen LogP contribution in [0.4, 0.5) is 0 Å². The van der Waals surface area contributed by atoms with Gasteiger partial charge in [-0.15, -0.1) is 0 Å². The van der Waals surface area contributed by atoms with Crippen molar-refractivity contribution in [2.45, 2.75) is 51.6 Å². The van der Waals surface area contributed by atoms with Gasteiger partial charge in [-0.3, -0.25) is 4.79 Å². The summed E-state index contributed by atoms with van der Waals surface area (Å²) in [6.45, 7) is 4.01. The van der Waals surface area contributed by atoms with Gasteiger partial charge < -0.3 is 9.84 Å². The van der Waals surface area contributed by atoms with Crippen molar-refractivity contribution in [1.82, 2.24) is 0 Å². The summed E-state index contributed by atoms with van der Waals surface area (Å²) in [6.07, 6.45) is 3.86. The van der Waals surface area contributed by atoms with Crippen LogP contribution in [0.2, 0.25) is 0 Å². The molecule has 0 bridgehead atoms. The first-order valence-electron chi connectivity index (χ1n) is 7.05. The van der Waals surface area contributed by atoms with Crippen LogP contribution in [0.1, 0.15) is 51.0 Å². The largest absolute Gasteiger partial charge is 0.491 e. The number of hydrogen-bond donors (Lipinski definition) is 1. The van der Waals surface area contributed by atoms with Gasteiger partial charge in [-0.2, -0.15) is 0 Å². The highest BCUT2D eigenvalue weighted by Gasteiger charge is 2.27. The first-order valence-corrected chi connectivity index (χ1v) is 7.05. The fraction of sp³-hybridized carbons (Fsp3) is 0.562. The molecule has 0 amide bonds. The Hall–Kier alpha value is -1.51. The van der Waals surface area contributed by atoms with Crippen molar-refractivity contribution in [3.8, 4) is 5.75 Å². The number of ether oxygens (including phenoxy) is 1. The van der Waals surface area contributed by atoms with Crippen molar-refractivity contribution in [1.29, 1.82) is 0 Å². The Balaban J connectivity index is 2.03. The topological polar surface area (TPSA) is 46.5 Å². The van der Waals surface area contributed by atoms with Gasteiger partial charge >= 0.3 is 5.97 Å². The summed E-state index contributed by atoms with van der Waals surface area (Å²) in [7, 11) is 0. The average Bonchev–Trinajstić information content (AvgIpc) is 2.39. The van der Waals surface area contributed by atoms with E-state index in [1.165, 1.54) is 5.56 Å². The minimum atomic E-state index is -0.649. The van der Waals surface area contributed by atoms with Crippen LogP contribution >= 0.6 is 0 Å². The molecule has 1 aliphatic carbocycles. The van der Waals surface area contributed by atoms with E-state index in [1.807, 2.05) is 26.0 Å². The summed E-state index contributed by atoms with van der Waals surface area (Å²) in [5.41, 5.74) is 1.24. The summed E-state index contributed by atoms with van der Waals surface area (Å²) in [5, 5.41) is 9.13. The third kappa shape index (κ3) is 3.72. The lowest BCUT2D eigenvalue weighted by molar-refractivity contribution is -0.142. The average molecular weight is 262 g/mol. The molecular weight excluding hydrogens is 240 g/mol. The van der Waals surface area contributed by atoms with Crippen LogP contribution in [-0.4, -0.2) is 17.2 Å². The number of carboxylic acids is 1. The summed E-state index contributed by atoms with van der Waals surface area (Å²) in [5.74, 6) is 0.432. The summed E-state index contributed by atoms with van der Waals surface area (Å²) >= 11 is 0. The fourth-order valence-electron chi connectivity index (χ4n) is 2.81. The number of rotatable bonds is 4. The Morgan fingerprint density at radius 1 is 1.26 bits per heavy atom. The molecule has 3 nitrogen and oxygen atoms in total. The van der Waals surface area contributed by atoms with Crippen molar-refractivity contribution >= 4 is 5.97 Å². The molecule has 19 heavy (non-hydrogen) atoms. The predicted molar refractivity (Wildman–Crippen MR) is 74.5 cm³/mol. The summed E-state index contributed by atoms with van der Waals surface area (Å²) in [4.78, 5) is 11.1. The smallest absolute Gasteiger partial charge is 0.306 e. The van der Waals surface area contributed by atoms with E-state index >= 15 is 0 Å². The third-order valence-electron chi connectivity index (χ3n) is 3.75. The zero-order valence-corrected chi connectivity index (χ0v) is 11.6. The SMILES string of the molecule is CC(C)Oc1ccc(C2CCCC(C(=O)O)C2)cc1.